The van der Waals surface area contributed by atoms with Crippen molar-refractivity contribution in [3.8, 4) is 5.75 Å². The smallest absolute Gasteiger partial charge is 0.313 e. The molecule has 2 rings (SSSR count). The average molecular weight is 365 g/mol. The number of likely N-dealkylation sites (tertiary alicyclic amines) is 1. The maximum Gasteiger partial charge on any atom is 0.313 e. The Bertz CT molecular complexity index is 591. The Hall–Kier alpha value is -1.63. The van der Waals surface area contributed by atoms with Crippen LogP contribution in [0.3, 0.4) is 0 Å². The van der Waals surface area contributed by atoms with Gasteiger partial charge in [0.05, 0.1) is 12.7 Å². The summed E-state index contributed by atoms with van der Waals surface area (Å²) < 4.78 is 5.58. The quantitative estimate of drug-likeness (QED) is 0.621. The molecule has 1 aromatic rings. The van der Waals surface area contributed by atoms with E-state index in [1.54, 1.807) is 0 Å². The minimum atomic E-state index is -1.12. The first-order valence-electron chi connectivity index (χ1n) is 9.34. The van der Waals surface area contributed by atoms with Gasteiger partial charge in [-0.25, -0.2) is 0 Å². The molecule has 1 aliphatic rings. The highest BCUT2D eigenvalue weighted by molar-refractivity contribution is 5.76. The Kier molecular flexibility index (Phi) is 7.43. The molecular weight excluding hydrogens is 334 g/mol. The molecule has 0 amide bonds. The van der Waals surface area contributed by atoms with Crippen molar-refractivity contribution in [3.63, 3.8) is 0 Å². The molecule has 2 atom stereocenters. The third-order valence-electron chi connectivity index (χ3n) is 5.17. The van der Waals surface area contributed by atoms with Gasteiger partial charge in [-0.05, 0) is 31.2 Å². The molecule has 6 heteroatoms. The van der Waals surface area contributed by atoms with Crippen LogP contribution in [0.5, 0.6) is 5.75 Å². The number of ether oxygens (including phenoxy) is 1. The van der Waals surface area contributed by atoms with Gasteiger partial charge in [-0.2, -0.15) is 0 Å². The predicted octanol–water partition coefficient (Wildman–Crippen LogP) is 2.13. The Morgan fingerprint density at radius 1 is 1.38 bits per heavy atom. The zero-order chi connectivity index (χ0) is 19.2. The van der Waals surface area contributed by atoms with Crippen molar-refractivity contribution in [2.75, 3.05) is 26.3 Å². The topological polar surface area (TPSA) is 90.2 Å². The Balaban J connectivity index is 2.15. The third-order valence-corrected chi connectivity index (χ3v) is 5.17. The molecule has 26 heavy (non-hydrogen) atoms. The second-order valence-electron chi connectivity index (χ2n) is 7.59. The van der Waals surface area contributed by atoms with E-state index in [0.717, 1.165) is 12.0 Å². The van der Waals surface area contributed by atoms with Crippen LogP contribution in [0.2, 0.25) is 0 Å². The normalized spacial score (nSPS) is 24.0. The van der Waals surface area contributed by atoms with Crippen LogP contribution in [-0.4, -0.2) is 58.6 Å². The van der Waals surface area contributed by atoms with E-state index in [-0.39, 0.29) is 13.2 Å². The molecule has 0 spiro atoms. The number of hydrogen-bond donors (Lipinski definition) is 3. The Morgan fingerprint density at radius 2 is 2.12 bits per heavy atom. The first-order chi connectivity index (χ1) is 12.4. The van der Waals surface area contributed by atoms with Crippen LogP contribution < -0.4 is 4.74 Å². The molecule has 0 unspecified atom stereocenters. The van der Waals surface area contributed by atoms with Crippen LogP contribution in [0.1, 0.15) is 38.7 Å². The molecule has 3 N–H and O–H groups in total. The van der Waals surface area contributed by atoms with E-state index in [1.807, 2.05) is 24.3 Å². The lowest BCUT2D eigenvalue weighted by atomic mass is 9.72. The van der Waals surface area contributed by atoms with Gasteiger partial charge in [-0.15, -0.1) is 0 Å². The molecule has 146 valence electrons. The number of rotatable bonds is 9. The highest BCUT2D eigenvalue weighted by Crippen LogP contribution is 2.37. The average Bonchev–Trinajstić information content (AvgIpc) is 2.61. The van der Waals surface area contributed by atoms with Crippen LogP contribution in [0, 0.1) is 11.3 Å². The number of carboxylic acids is 1. The first kappa shape index (κ1) is 20.7. The number of para-hydroxylation sites is 1. The van der Waals surface area contributed by atoms with Crippen molar-refractivity contribution >= 4 is 5.97 Å². The summed E-state index contributed by atoms with van der Waals surface area (Å²) in [6.45, 7) is 5.83. The standard InChI is InChI=1S/C20H31NO5/c1-15(2)7-9-20(19(24)25)14-21(10-8-18(20)23)13-16-5-3-4-6-17(16)26-12-11-22/h3-6,15,18,22-23H,7-14H2,1-2H3,(H,24,25)/t18-,20-/m1/s1. The van der Waals surface area contributed by atoms with Crippen LogP contribution in [0.15, 0.2) is 24.3 Å². The molecule has 1 aromatic carbocycles. The largest absolute Gasteiger partial charge is 0.491 e. The van der Waals surface area contributed by atoms with Crippen molar-refractivity contribution in [2.24, 2.45) is 11.3 Å². The Labute approximate surface area is 155 Å². The van der Waals surface area contributed by atoms with Gasteiger partial charge in [0.2, 0.25) is 0 Å². The van der Waals surface area contributed by atoms with Gasteiger partial charge in [-0.1, -0.05) is 32.0 Å². The molecule has 0 radical (unpaired) electrons. The summed E-state index contributed by atoms with van der Waals surface area (Å²) in [6.07, 6.45) is 0.869. The lowest BCUT2D eigenvalue weighted by molar-refractivity contribution is -0.165. The number of aliphatic hydroxyl groups excluding tert-OH is 2. The van der Waals surface area contributed by atoms with Crippen molar-refractivity contribution in [3.05, 3.63) is 29.8 Å². The predicted molar refractivity (Wildman–Crippen MR) is 99.1 cm³/mol. The van der Waals surface area contributed by atoms with Crippen LogP contribution in [0.25, 0.3) is 0 Å². The lowest BCUT2D eigenvalue weighted by Gasteiger charge is -2.44. The third kappa shape index (κ3) is 4.96. The van der Waals surface area contributed by atoms with E-state index in [0.29, 0.717) is 44.1 Å². The molecule has 0 saturated carbocycles. The molecule has 0 aromatic heterocycles. The van der Waals surface area contributed by atoms with Gasteiger partial charge >= 0.3 is 5.97 Å². The number of aliphatic hydroxyl groups is 2. The number of hydrogen-bond acceptors (Lipinski definition) is 5. The second kappa shape index (κ2) is 9.35. The molecule has 1 fully saturated rings. The van der Waals surface area contributed by atoms with Crippen molar-refractivity contribution < 1.29 is 24.9 Å². The minimum Gasteiger partial charge on any atom is -0.491 e. The molecule has 1 aliphatic heterocycles. The number of benzene rings is 1. The second-order valence-corrected chi connectivity index (χ2v) is 7.59. The molecule has 0 bridgehead atoms. The summed E-state index contributed by atoms with van der Waals surface area (Å²) in [5.74, 6) is 0.178. The van der Waals surface area contributed by atoms with Gasteiger partial charge in [0.25, 0.3) is 0 Å². The fraction of sp³-hybridized carbons (Fsp3) is 0.650. The summed E-state index contributed by atoms with van der Waals surface area (Å²) in [5, 5.41) is 29.4. The Morgan fingerprint density at radius 3 is 2.77 bits per heavy atom. The van der Waals surface area contributed by atoms with Gasteiger partial charge in [0, 0.05) is 25.2 Å². The summed E-state index contributed by atoms with van der Waals surface area (Å²) in [5.41, 5.74) is -0.163. The summed E-state index contributed by atoms with van der Waals surface area (Å²) in [7, 11) is 0. The highest BCUT2D eigenvalue weighted by atomic mass is 16.5. The number of piperidine rings is 1. The van der Waals surface area contributed by atoms with E-state index in [4.69, 9.17) is 9.84 Å². The molecule has 0 aliphatic carbocycles. The van der Waals surface area contributed by atoms with Crippen LogP contribution >= 0.6 is 0 Å². The zero-order valence-electron chi connectivity index (χ0n) is 15.7. The SMILES string of the molecule is CC(C)CC[C@@]1(C(=O)O)CN(Cc2ccccc2OCCO)CC[C@H]1O. The van der Waals surface area contributed by atoms with E-state index < -0.39 is 17.5 Å². The van der Waals surface area contributed by atoms with E-state index >= 15 is 0 Å². The zero-order valence-corrected chi connectivity index (χ0v) is 15.7. The highest BCUT2D eigenvalue weighted by Gasteiger charge is 2.48. The van der Waals surface area contributed by atoms with Crippen molar-refractivity contribution in [1.82, 2.24) is 4.90 Å². The minimum absolute atomic E-state index is 0.0540. The summed E-state index contributed by atoms with van der Waals surface area (Å²) in [4.78, 5) is 14.2. The van der Waals surface area contributed by atoms with Crippen LogP contribution in [0.4, 0.5) is 0 Å². The van der Waals surface area contributed by atoms with E-state index in [1.165, 1.54) is 0 Å². The number of carboxylic acid groups (broad SMARTS) is 1. The molecule has 6 nitrogen and oxygen atoms in total. The summed E-state index contributed by atoms with van der Waals surface area (Å²) in [6, 6.07) is 7.60. The van der Waals surface area contributed by atoms with Gasteiger partial charge < -0.3 is 20.1 Å². The monoisotopic (exact) mass is 365 g/mol. The van der Waals surface area contributed by atoms with Gasteiger partial charge in [0.15, 0.2) is 0 Å². The van der Waals surface area contributed by atoms with E-state index in [9.17, 15) is 15.0 Å². The lowest BCUT2D eigenvalue weighted by Crippen LogP contribution is -2.55. The fourth-order valence-electron chi connectivity index (χ4n) is 3.58. The maximum atomic E-state index is 12.1. The first-order valence-corrected chi connectivity index (χ1v) is 9.34. The number of carbonyl (C=O) groups is 1. The maximum absolute atomic E-state index is 12.1. The molecule has 1 heterocycles. The van der Waals surface area contributed by atoms with Crippen molar-refractivity contribution in [1.29, 1.82) is 0 Å². The molecule has 1 saturated heterocycles. The number of aliphatic carboxylic acids is 1. The fourth-order valence-corrected chi connectivity index (χ4v) is 3.58. The number of nitrogens with zero attached hydrogens (tertiary/aromatic N) is 1. The van der Waals surface area contributed by atoms with Gasteiger partial charge in [-0.3, -0.25) is 9.69 Å². The van der Waals surface area contributed by atoms with E-state index in [2.05, 4.69) is 18.7 Å². The van der Waals surface area contributed by atoms with Gasteiger partial charge in [0.1, 0.15) is 17.8 Å². The van der Waals surface area contributed by atoms with Crippen LogP contribution in [-0.2, 0) is 11.3 Å². The van der Waals surface area contributed by atoms with Crippen molar-refractivity contribution in [2.45, 2.75) is 45.8 Å². The summed E-state index contributed by atoms with van der Waals surface area (Å²) >= 11 is 0. The molecular formula is C20H31NO5.